The van der Waals surface area contributed by atoms with Gasteiger partial charge in [-0.1, -0.05) is 24.8 Å². The number of rotatable bonds is 10. The zero-order valence-corrected chi connectivity index (χ0v) is 23.7. The highest BCUT2D eigenvalue weighted by Crippen LogP contribution is 2.39. The van der Waals surface area contributed by atoms with E-state index in [4.69, 9.17) is 15.5 Å². The maximum absolute atomic E-state index is 12.2. The van der Waals surface area contributed by atoms with Gasteiger partial charge in [0.25, 0.3) is 0 Å². The smallest absolute Gasteiger partial charge is 0.248 e. The SMILES string of the molecule is C=C(C(N)=O)c1cc(Nc2nccc(-c3c4n(c5ccccc35)CCCC4)n2)c(OC)cc1N(C)CCN(C)C. The van der Waals surface area contributed by atoms with Crippen LogP contribution in [-0.4, -0.2) is 66.7 Å². The maximum atomic E-state index is 12.2. The van der Waals surface area contributed by atoms with Crippen LogP contribution in [0, 0.1) is 0 Å². The van der Waals surface area contributed by atoms with Gasteiger partial charge in [-0.2, -0.15) is 0 Å². The van der Waals surface area contributed by atoms with Crippen molar-refractivity contribution in [1.29, 1.82) is 0 Å². The topological polar surface area (TPSA) is 102 Å². The van der Waals surface area contributed by atoms with Crippen LogP contribution in [0.25, 0.3) is 27.7 Å². The molecule has 9 heteroatoms. The van der Waals surface area contributed by atoms with Crippen molar-refractivity contribution in [3.63, 3.8) is 0 Å². The van der Waals surface area contributed by atoms with Gasteiger partial charge in [0.1, 0.15) is 5.75 Å². The lowest BCUT2D eigenvalue weighted by molar-refractivity contribution is -0.112. The number of methoxy groups -OCH3 is 1. The van der Waals surface area contributed by atoms with E-state index in [1.165, 1.54) is 29.4 Å². The molecule has 1 aliphatic heterocycles. The largest absolute Gasteiger partial charge is 0.494 e. The van der Waals surface area contributed by atoms with Crippen LogP contribution < -0.4 is 20.7 Å². The third-order valence-corrected chi connectivity index (χ3v) is 7.52. The van der Waals surface area contributed by atoms with Crippen molar-refractivity contribution in [1.82, 2.24) is 19.4 Å². The first kappa shape index (κ1) is 27.2. The van der Waals surface area contributed by atoms with Crippen LogP contribution in [0.4, 0.5) is 17.3 Å². The molecule has 0 atom stereocenters. The minimum absolute atomic E-state index is 0.221. The fraction of sp³-hybridized carbons (Fsp3) is 0.323. The number of nitrogens with one attached hydrogen (secondary N) is 1. The van der Waals surface area contributed by atoms with E-state index in [2.05, 4.69) is 55.5 Å². The molecule has 3 heterocycles. The molecular formula is C31H37N7O2. The number of para-hydroxylation sites is 1. The second-order valence-electron chi connectivity index (χ2n) is 10.5. The van der Waals surface area contributed by atoms with E-state index in [1.807, 2.05) is 39.3 Å². The Labute approximate surface area is 235 Å². The van der Waals surface area contributed by atoms with E-state index in [-0.39, 0.29) is 5.57 Å². The zero-order valence-electron chi connectivity index (χ0n) is 23.7. The number of nitrogens with zero attached hydrogens (tertiary/aromatic N) is 5. The minimum atomic E-state index is -0.581. The number of amides is 1. The summed E-state index contributed by atoms with van der Waals surface area (Å²) in [6, 6.07) is 14.2. The molecule has 208 valence electrons. The molecule has 0 unspecified atom stereocenters. The van der Waals surface area contributed by atoms with Crippen LogP contribution in [0.15, 0.2) is 55.2 Å². The number of hydrogen-bond donors (Lipinski definition) is 2. The predicted molar refractivity (Wildman–Crippen MR) is 162 cm³/mol. The lowest BCUT2D eigenvalue weighted by Gasteiger charge is -2.26. The van der Waals surface area contributed by atoms with E-state index < -0.39 is 5.91 Å². The van der Waals surface area contributed by atoms with Gasteiger partial charge in [0.2, 0.25) is 11.9 Å². The van der Waals surface area contributed by atoms with Gasteiger partial charge in [-0.15, -0.1) is 0 Å². The molecule has 4 aromatic rings. The molecule has 40 heavy (non-hydrogen) atoms. The number of aromatic nitrogens is 3. The summed E-state index contributed by atoms with van der Waals surface area (Å²) in [7, 11) is 7.62. The Hall–Kier alpha value is -4.37. The van der Waals surface area contributed by atoms with Crippen molar-refractivity contribution < 1.29 is 9.53 Å². The van der Waals surface area contributed by atoms with Gasteiger partial charge in [-0.25, -0.2) is 9.97 Å². The molecule has 0 spiro atoms. The maximum Gasteiger partial charge on any atom is 0.248 e. The number of aryl methyl sites for hydroxylation is 1. The number of fused-ring (bicyclic) bond motifs is 3. The van der Waals surface area contributed by atoms with Gasteiger partial charge < -0.3 is 30.2 Å². The molecule has 0 radical (unpaired) electrons. The van der Waals surface area contributed by atoms with E-state index in [9.17, 15) is 4.79 Å². The Morgan fingerprint density at radius 2 is 1.95 bits per heavy atom. The molecule has 0 saturated heterocycles. The molecular weight excluding hydrogens is 502 g/mol. The van der Waals surface area contributed by atoms with Crippen LogP contribution in [0.2, 0.25) is 0 Å². The molecule has 1 aliphatic rings. The number of carbonyl (C=O) groups excluding carboxylic acids is 1. The summed E-state index contributed by atoms with van der Waals surface area (Å²) in [5.74, 6) is 0.440. The van der Waals surface area contributed by atoms with E-state index in [1.54, 1.807) is 13.3 Å². The van der Waals surface area contributed by atoms with Gasteiger partial charge in [-0.3, -0.25) is 4.79 Å². The second-order valence-corrected chi connectivity index (χ2v) is 10.5. The summed E-state index contributed by atoms with van der Waals surface area (Å²) in [5.41, 5.74) is 12.5. The standard InChI is InChI=1S/C31H37N7O2/c1-20(30(32)39)22-18-24(28(40-5)19-27(22)37(4)17-16-36(2)3)35-31-33-14-13-23(34-31)29-21-10-6-7-11-25(21)38-15-9-8-12-26(29)38/h6-7,10-11,13-14,18-19H,1,8-9,12,15-17H2,2-5H3,(H2,32,39)(H,33,34,35). The normalized spacial score (nSPS) is 12.8. The van der Waals surface area contributed by atoms with Crippen LogP contribution in [0.5, 0.6) is 5.75 Å². The van der Waals surface area contributed by atoms with Crippen molar-refractivity contribution in [2.75, 3.05) is 51.6 Å². The fourth-order valence-electron chi connectivity index (χ4n) is 5.39. The van der Waals surface area contributed by atoms with E-state index in [0.29, 0.717) is 22.9 Å². The lowest BCUT2D eigenvalue weighted by atomic mass is 10.0. The van der Waals surface area contributed by atoms with Crippen molar-refractivity contribution >= 4 is 39.7 Å². The minimum Gasteiger partial charge on any atom is -0.494 e. The highest BCUT2D eigenvalue weighted by Gasteiger charge is 2.23. The first-order valence-electron chi connectivity index (χ1n) is 13.6. The molecule has 5 rings (SSSR count). The van der Waals surface area contributed by atoms with Crippen molar-refractivity contribution in [3.8, 4) is 17.0 Å². The Bertz CT molecular complexity index is 1570. The predicted octanol–water partition coefficient (Wildman–Crippen LogP) is 4.68. The molecule has 0 saturated carbocycles. The van der Waals surface area contributed by atoms with Crippen LogP contribution in [-0.2, 0) is 17.8 Å². The lowest BCUT2D eigenvalue weighted by Crippen LogP contribution is -2.29. The van der Waals surface area contributed by atoms with Gasteiger partial charge >= 0.3 is 0 Å². The second kappa shape index (κ2) is 11.4. The number of likely N-dealkylation sites (N-methyl/N-ethyl adjacent to an activating group) is 2. The zero-order chi connectivity index (χ0) is 28.4. The molecule has 9 nitrogen and oxygen atoms in total. The van der Waals surface area contributed by atoms with Gasteiger partial charge in [0.15, 0.2) is 0 Å². The number of carbonyl (C=O) groups is 1. The van der Waals surface area contributed by atoms with Crippen molar-refractivity contribution in [2.24, 2.45) is 5.73 Å². The summed E-state index contributed by atoms with van der Waals surface area (Å²) in [6.45, 7) is 6.56. The number of hydrogen-bond acceptors (Lipinski definition) is 7. The van der Waals surface area contributed by atoms with Gasteiger partial charge in [0, 0.05) is 77.9 Å². The average Bonchev–Trinajstić information content (AvgIpc) is 3.30. The van der Waals surface area contributed by atoms with Crippen LogP contribution >= 0.6 is 0 Å². The summed E-state index contributed by atoms with van der Waals surface area (Å²) in [5, 5.41) is 4.53. The molecule has 1 amide bonds. The third-order valence-electron chi connectivity index (χ3n) is 7.52. The number of primary amides is 1. The Kier molecular flexibility index (Phi) is 7.75. The van der Waals surface area contributed by atoms with Gasteiger partial charge in [0.05, 0.1) is 18.5 Å². The number of benzene rings is 2. The first-order chi connectivity index (χ1) is 19.3. The average molecular weight is 540 g/mol. The molecule has 2 aromatic carbocycles. The Balaban J connectivity index is 1.55. The Morgan fingerprint density at radius 1 is 1.15 bits per heavy atom. The fourth-order valence-corrected chi connectivity index (χ4v) is 5.39. The number of ether oxygens (including phenoxy) is 1. The molecule has 0 fully saturated rings. The highest BCUT2D eigenvalue weighted by atomic mass is 16.5. The summed E-state index contributed by atoms with van der Waals surface area (Å²) >= 11 is 0. The van der Waals surface area contributed by atoms with Crippen molar-refractivity contribution in [2.45, 2.75) is 25.8 Å². The summed E-state index contributed by atoms with van der Waals surface area (Å²) in [6.07, 6.45) is 5.14. The highest BCUT2D eigenvalue weighted by molar-refractivity contribution is 6.19. The molecule has 2 aromatic heterocycles. The monoisotopic (exact) mass is 539 g/mol. The van der Waals surface area contributed by atoms with Crippen molar-refractivity contribution in [3.05, 3.63) is 66.5 Å². The molecule has 0 bridgehead atoms. The van der Waals surface area contributed by atoms with E-state index >= 15 is 0 Å². The summed E-state index contributed by atoms with van der Waals surface area (Å²) < 4.78 is 8.19. The summed E-state index contributed by atoms with van der Waals surface area (Å²) in [4.78, 5) is 25.8. The van der Waals surface area contributed by atoms with E-state index in [0.717, 1.165) is 43.0 Å². The number of nitrogens with two attached hydrogens (primary N) is 1. The molecule has 0 aliphatic carbocycles. The third kappa shape index (κ3) is 5.24. The van der Waals surface area contributed by atoms with Gasteiger partial charge in [-0.05, 0) is 51.6 Å². The molecule has 3 N–H and O–H groups in total. The van der Waals surface area contributed by atoms with Crippen LogP contribution in [0.1, 0.15) is 24.1 Å². The number of anilines is 3. The Morgan fingerprint density at radius 3 is 2.70 bits per heavy atom. The quantitative estimate of drug-likeness (QED) is 0.282. The first-order valence-corrected chi connectivity index (χ1v) is 13.6. The van der Waals surface area contributed by atoms with Crippen LogP contribution in [0.3, 0.4) is 0 Å².